The molecule has 5 heteroatoms. The second-order valence-electron chi connectivity index (χ2n) is 7.67. The minimum absolute atomic E-state index is 0.261. The lowest BCUT2D eigenvalue weighted by molar-refractivity contribution is -0.0472. The van der Waals surface area contributed by atoms with Gasteiger partial charge in [0.2, 0.25) is 0 Å². The topological polar surface area (TPSA) is 49.0 Å². The second kappa shape index (κ2) is 4.73. The first-order valence-electron chi connectivity index (χ1n) is 7.99. The molecule has 4 aliphatic rings. The van der Waals surface area contributed by atoms with Gasteiger partial charge < -0.3 is 4.90 Å². The van der Waals surface area contributed by atoms with Gasteiger partial charge in [0.25, 0.3) is 5.56 Å². The second-order valence-corrected chi connectivity index (χ2v) is 8.05. The average Bonchev–Trinajstić information content (AvgIpc) is 2.39. The molecule has 1 aromatic rings. The Kier molecular flexibility index (Phi) is 3.07. The maximum absolute atomic E-state index is 11.6. The molecule has 5 rings (SSSR count). The summed E-state index contributed by atoms with van der Waals surface area (Å²) in [5, 5.41) is 6.55. The monoisotopic (exact) mass is 307 g/mol. The fraction of sp³-hybridized carbons (Fsp3) is 0.750. The number of H-pyrrole nitrogens is 1. The molecule has 4 nitrogen and oxygen atoms in total. The van der Waals surface area contributed by atoms with Crippen molar-refractivity contribution in [2.75, 3.05) is 18.5 Å². The lowest BCUT2D eigenvalue weighted by Gasteiger charge is -2.57. The Morgan fingerprint density at radius 2 is 1.86 bits per heavy atom. The first-order chi connectivity index (χ1) is 10.0. The van der Waals surface area contributed by atoms with Gasteiger partial charge >= 0.3 is 0 Å². The van der Waals surface area contributed by atoms with Gasteiger partial charge in [-0.1, -0.05) is 11.6 Å². The van der Waals surface area contributed by atoms with Crippen molar-refractivity contribution >= 4 is 17.3 Å². The molecule has 1 N–H and O–H groups in total. The van der Waals surface area contributed by atoms with Crippen LogP contribution in [0.2, 0.25) is 5.02 Å². The van der Waals surface area contributed by atoms with E-state index in [1.807, 2.05) is 7.05 Å². The van der Waals surface area contributed by atoms with Crippen LogP contribution < -0.4 is 10.5 Å². The van der Waals surface area contributed by atoms with E-state index in [1.54, 1.807) is 6.20 Å². The average molecular weight is 308 g/mol. The molecule has 0 unspecified atom stereocenters. The van der Waals surface area contributed by atoms with E-state index >= 15 is 0 Å². The van der Waals surface area contributed by atoms with E-state index in [9.17, 15) is 4.79 Å². The molecule has 0 aliphatic heterocycles. The van der Waals surface area contributed by atoms with Crippen LogP contribution in [0.1, 0.15) is 38.5 Å². The summed E-state index contributed by atoms with van der Waals surface area (Å²) < 4.78 is 0. The van der Waals surface area contributed by atoms with Gasteiger partial charge in [0.1, 0.15) is 5.02 Å². The smallest absolute Gasteiger partial charge is 0.285 e. The molecule has 114 valence electrons. The molecular weight excluding hydrogens is 286 g/mol. The van der Waals surface area contributed by atoms with E-state index in [1.165, 1.54) is 38.5 Å². The Morgan fingerprint density at radius 3 is 2.43 bits per heavy atom. The van der Waals surface area contributed by atoms with Gasteiger partial charge in [-0.25, -0.2) is 5.10 Å². The van der Waals surface area contributed by atoms with E-state index < -0.39 is 0 Å². The van der Waals surface area contributed by atoms with Crippen LogP contribution in [0.3, 0.4) is 0 Å². The third-order valence-corrected chi connectivity index (χ3v) is 6.29. The summed E-state index contributed by atoms with van der Waals surface area (Å²) in [6.45, 7) is 1.00. The number of hydrogen-bond donors (Lipinski definition) is 1. The summed E-state index contributed by atoms with van der Waals surface area (Å²) in [6, 6.07) is 0. The molecule has 0 spiro atoms. The van der Waals surface area contributed by atoms with Crippen molar-refractivity contribution in [3.63, 3.8) is 0 Å². The Balaban J connectivity index is 1.58. The van der Waals surface area contributed by atoms with Gasteiger partial charge in [0.15, 0.2) is 0 Å². The lowest BCUT2D eigenvalue weighted by atomic mass is 9.49. The van der Waals surface area contributed by atoms with Crippen molar-refractivity contribution in [2.45, 2.75) is 38.5 Å². The number of hydrogen-bond acceptors (Lipinski definition) is 3. The normalized spacial score (nSPS) is 37.0. The zero-order valence-corrected chi connectivity index (χ0v) is 13.2. The van der Waals surface area contributed by atoms with E-state index in [4.69, 9.17) is 11.6 Å². The first-order valence-corrected chi connectivity index (χ1v) is 8.37. The molecule has 4 aliphatic carbocycles. The van der Waals surface area contributed by atoms with Crippen LogP contribution >= 0.6 is 11.6 Å². The summed E-state index contributed by atoms with van der Waals surface area (Å²) in [6.07, 6.45) is 10.1. The van der Waals surface area contributed by atoms with Crippen LogP contribution in [0.4, 0.5) is 5.69 Å². The van der Waals surface area contributed by atoms with Gasteiger partial charge in [-0.3, -0.25) is 4.79 Å². The standard InChI is InChI=1S/C16H22ClN3O/c1-20(13-8-18-19-15(21)14(13)17)9-16-5-10-2-11(6-16)4-12(3-10)7-16/h8,10-12H,2-7,9H2,1H3,(H,19,21). The molecule has 0 saturated heterocycles. The Hall–Kier alpha value is -1.03. The highest BCUT2D eigenvalue weighted by Gasteiger charge is 2.51. The minimum atomic E-state index is -0.300. The zero-order chi connectivity index (χ0) is 14.6. The quantitative estimate of drug-likeness (QED) is 0.933. The van der Waals surface area contributed by atoms with Crippen molar-refractivity contribution in [3.05, 3.63) is 21.6 Å². The minimum Gasteiger partial charge on any atom is -0.371 e. The van der Waals surface area contributed by atoms with Gasteiger partial charge in [0, 0.05) is 13.6 Å². The van der Waals surface area contributed by atoms with Crippen molar-refractivity contribution < 1.29 is 0 Å². The summed E-state index contributed by atoms with van der Waals surface area (Å²) in [5.41, 5.74) is 0.901. The van der Waals surface area contributed by atoms with E-state index in [2.05, 4.69) is 15.1 Å². The molecule has 0 amide bonds. The molecule has 0 radical (unpaired) electrons. The van der Waals surface area contributed by atoms with Gasteiger partial charge in [-0.2, -0.15) is 5.10 Å². The SMILES string of the molecule is CN(CC12CC3CC(CC(C3)C1)C2)c1cn[nH]c(=O)c1Cl. The van der Waals surface area contributed by atoms with Crippen LogP contribution in [0, 0.1) is 23.2 Å². The highest BCUT2D eigenvalue weighted by atomic mass is 35.5. The number of nitrogens with one attached hydrogen (secondary N) is 1. The van der Waals surface area contributed by atoms with Gasteiger partial charge in [-0.05, 0) is 61.7 Å². The van der Waals surface area contributed by atoms with Crippen molar-refractivity contribution in [1.29, 1.82) is 0 Å². The number of rotatable bonds is 3. The maximum Gasteiger partial charge on any atom is 0.285 e. The van der Waals surface area contributed by atoms with Crippen LogP contribution in [-0.2, 0) is 0 Å². The van der Waals surface area contributed by atoms with Gasteiger partial charge in [0.05, 0.1) is 11.9 Å². The van der Waals surface area contributed by atoms with Crippen molar-refractivity contribution in [3.8, 4) is 0 Å². The van der Waals surface area contributed by atoms with Crippen LogP contribution in [0.5, 0.6) is 0 Å². The van der Waals surface area contributed by atoms with Gasteiger partial charge in [-0.15, -0.1) is 0 Å². The lowest BCUT2D eigenvalue weighted by Crippen LogP contribution is -2.50. The molecule has 0 atom stereocenters. The van der Waals surface area contributed by atoms with Crippen molar-refractivity contribution in [2.24, 2.45) is 23.2 Å². The first kappa shape index (κ1) is 13.6. The predicted octanol–water partition coefficient (Wildman–Crippen LogP) is 3.08. The largest absolute Gasteiger partial charge is 0.371 e. The Labute approximate surface area is 129 Å². The molecule has 1 aromatic heterocycles. The molecule has 4 bridgehead atoms. The Bertz CT molecular complexity index is 577. The fourth-order valence-corrected chi connectivity index (χ4v) is 5.95. The molecule has 21 heavy (non-hydrogen) atoms. The molecule has 4 fully saturated rings. The summed E-state index contributed by atoms with van der Waals surface area (Å²) in [4.78, 5) is 13.8. The number of aromatic nitrogens is 2. The maximum atomic E-state index is 11.6. The highest BCUT2D eigenvalue weighted by Crippen LogP contribution is 2.60. The van der Waals surface area contributed by atoms with Crippen LogP contribution in [0.25, 0.3) is 0 Å². The summed E-state index contributed by atoms with van der Waals surface area (Å²) in [5.74, 6) is 2.83. The molecular formula is C16H22ClN3O. The molecule has 0 aromatic carbocycles. The number of halogens is 1. The molecule has 4 saturated carbocycles. The Morgan fingerprint density at radius 1 is 1.29 bits per heavy atom. The number of anilines is 1. The molecule has 1 heterocycles. The van der Waals surface area contributed by atoms with Crippen LogP contribution in [0.15, 0.2) is 11.0 Å². The zero-order valence-electron chi connectivity index (χ0n) is 12.4. The summed E-state index contributed by atoms with van der Waals surface area (Å²) in [7, 11) is 2.04. The number of aromatic amines is 1. The third kappa shape index (κ3) is 2.28. The van der Waals surface area contributed by atoms with E-state index in [0.717, 1.165) is 30.0 Å². The predicted molar refractivity (Wildman–Crippen MR) is 83.7 cm³/mol. The summed E-state index contributed by atoms with van der Waals surface area (Å²) >= 11 is 6.15. The van der Waals surface area contributed by atoms with Crippen molar-refractivity contribution in [1.82, 2.24) is 10.2 Å². The fourth-order valence-electron chi connectivity index (χ4n) is 5.71. The number of nitrogens with zero attached hydrogens (tertiary/aromatic N) is 2. The van der Waals surface area contributed by atoms with E-state index in [-0.39, 0.29) is 10.6 Å². The highest BCUT2D eigenvalue weighted by molar-refractivity contribution is 6.32. The van der Waals surface area contributed by atoms with Crippen LogP contribution in [-0.4, -0.2) is 23.8 Å². The third-order valence-electron chi connectivity index (χ3n) is 5.93. The van der Waals surface area contributed by atoms with E-state index in [0.29, 0.717) is 5.41 Å².